The Hall–Kier alpha value is -1.20. The molecule has 0 aromatic carbocycles. The number of nitrogens with zero attached hydrogens (tertiary/aromatic N) is 3. The van der Waals surface area contributed by atoms with Crippen LogP contribution in [-0.2, 0) is 0 Å². The van der Waals surface area contributed by atoms with E-state index in [1.54, 1.807) is 17.5 Å². The van der Waals surface area contributed by atoms with E-state index >= 15 is 0 Å². The minimum Gasteiger partial charge on any atom is -0.368 e. The first-order valence-corrected chi connectivity index (χ1v) is 6.12. The smallest absolute Gasteiger partial charge is 0.149 e. The Kier molecular flexibility index (Phi) is 3.69. The first-order valence-electron chi connectivity index (χ1n) is 4.86. The van der Waals surface area contributed by atoms with Crippen molar-refractivity contribution in [2.45, 2.75) is 12.8 Å². The molecule has 0 saturated carbocycles. The largest absolute Gasteiger partial charge is 0.368 e. The molecule has 1 N–H and O–H groups in total. The van der Waals surface area contributed by atoms with Crippen molar-refractivity contribution in [2.24, 2.45) is 0 Å². The van der Waals surface area contributed by atoms with Crippen LogP contribution in [0.25, 0.3) is 0 Å². The van der Waals surface area contributed by atoms with Crippen molar-refractivity contribution in [1.29, 1.82) is 0 Å². The zero-order valence-electron chi connectivity index (χ0n) is 8.72. The number of thiazole rings is 1. The molecule has 0 aliphatic rings. The molecule has 0 bridgehead atoms. The highest BCUT2D eigenvalue weighted by molar-refractivity contribution is 7.09. The average molecular weight is 255 g/mol. The molecule has 0 amide bonds. The van der Waals surface area contributed by atoms with Crippen molar-refractivity contribution in [3.63, 3.8) is 0 Å². The highest BCUT2D eigenvalue weighted by Crippen LogP contribution is 2.18. The van der Waals surface area contributed by atoms with Crippen LogP contribution in [0.2, 0.25) is 5.15 Å². The summed E-state index contributed by atoms with van der Waals surface area (Å²) in [7, 11) is 0. The first kappa shape index (κ1) is 11.3. The number of anilines is 1. The average Bonchev–Trinajstić information content (AvgIpc) is 2.79. The van der Waals surface area contributed by atoms with Gasteiger partial charge in [-0.2, -0.15) is 0 Å². The third kappa shape index (κ3) is 2.90. The molecule has 1 unspecified atom stereocenters. The summed E-state index contributed by atoms with van der Waals surface area (Å²) in [6.07, 6.45) is 4.98. The van der Waals surface area contributed by atoms with Crippen LogP contribution in [0.3, 0.4) is 0 Å². The Bertz CT molecular complexity index is 446. The minimum absolute atomic E-state index is 0.348. The molecular weight excluding hydrogens is 244 g/mol. The zero-order valence-corrected chi connectivity index (χ0v) is 10.3. The summed E-state index contributed by atoms with van der Waals surface area (Å²) < 4.78 is 0. The molecule has 0 saturated heterocycles. The maximum atomic E-state index is 5.74. The Labute approximate surface area is 103 Å². The number of halogens is 1. The van der Waals surface area contributed by atoms with Crippen LogP contribution >= 0.6 is 22.9 Å². The second-order valence-electron chi connectivity index (χ2n) is 3.38. The summed E-state index contributed by atoms with van der Waals surface area (Å²) in [4.78, 5) is 12.3. The molecule has 84 valence electrons. The van der Waals surface area contributed by atoms with Crippen molar-refractivity contribution < 1.29 is 0 Å². The van der Waals surface area contributed by atoms with E-state index in [1.807, 2.05) is 11.6 Å². The highest BCUT2D eigenvalue weighted by atomic mass is 35.5. The van der Waals surface area contributed by atoms with Crippen LogP contribution in [0.5, 0.6) is 0 Å². The fraction of sp³-hybridized carbons (Fsp3) is 0.300. The normalized spacial score (nSPS) is 12.4. The van der Waals surface area contributed by atoms with E-state index in [0.29, 0.717) is 16.9 Å². The van der Waals surface area contributed by atoms with Crippen molar-refractivity contribution in [3.8, 4) is 0 Å². The molecule has 4 nitrogen and oxygen atoms in total. The minimum atomic E-state index is 0.348. The number of hydrogen-bond donors (Lipinski definition) is 1. The van der Waals surface area contributed by atoms with Crippen molar-refractivity contribution in [2.75, 3.05) is 11.9 Å². The molecule has 0 aliphatic carbocycles. The van der Waals surface area contributed by atoms with E-state index in [4.69, 9.17) is 11.6 Å². The molecule has 0 spiro atoms. The van der Waals surface area contributed by atoms with E-state index in [9.17, 15) is 0 Å². The summed E-state index contributed by atoms with van der Waals surface area (Å²) in [6, 6.07) is 0. The predicted octanol–water partition coefficient (Wildman–Crippen LogP) is 2.80. The van der Waals surface area contributed by atoms with Gasteiger partial charge in [-0.25, -0.2) is 9.97 Å². The van der Waals surface area contributed by atoms with Crippen LogP contribution in [0.1, 0.15) is 17.8 Å². The molecule has 2 aromatic heterocycles. The van der Waals surface area contributed by atoms with Gasteiger partial charge in [0, 0.05) is 24.0 Å². The molecule has 0 aliphatic heterocycles. The first-order chi connectivity index (χ1) is 7.75. The molecular formula is C10H11ClN4S. The van der Waals surface area contributed by atoms with E-state index in [-0.39, 0.29) is 0 Å². The Balaban J connectivity index is 1.92. The van der Waals surface area contributed by atoms with Gasteiger partial charge in [-0.05, 0) is 0 Å². The zero-order chi connectivity index (χ0) is 11.4. The second-order valence-corrected chi connectivity index (χ2v) is 4.69. The fourth-order valence-corrected chi connectivity index (χ4v) is 2.10. The van der Waals surface area contributed by atoms with Crippen molar-refractivity contribution in [1.82, 2.24) is 15.0 Å². The molecule has 2 rings (SSSR count). The summed E-state index contributed by atoms with van der Waals surface area (Å²) in [5.41, 5.74) is 0. The molecule has 0 fully saturated rings. The lowest BCUT2D eigenvalue weighted by molar-refractivity contribution is 0.791. The monoisotopic (exact) mass is 254 g/mol. The van der Waals surface area contributed by atoms with Gasteiger partial charge < -0.3 is 5.32 Å². The van der Waals surface area contributed by atoms with Gasteiger partial charge in [-0.1, -0.05) is 18.5 Å². The standard InChI is InChI=1S/C10H11ClN4S/c1-7(10-13-2-3-16-10)4-14-9-6-12-5-8(11)15-9/h2-3,5-7H,4H2,1H3,(H,14,15). The van der Waals surface area contributed by atoms with Gasteiger partial charge in [-0.3, -0.25) is 4.98 Å². The predicted molar refractivity (Wildman–Crippen MR) is 66.1 cm³/mol. The third-order valence-electron chi connectivity index (χ3n) is 2.07. The van der Waals surface area contributed by atoms with Crippen LogP contribution in [0, 0.1) is 0 Å². The van der Waals surface area contributed by atoms with Gasteiger partial charge >= 0.3 is 0 Å². The number of hydrogen-bond acceptors (Lipinski definition) is 5. The highest BCUT2D eigenvalue weighted by Gasteiger charge is 2.08. The molecule has 6 heteroatoms. The van der Waals surface area contributed by atoms with Gasteiger partial charge in [-0.15, -0.1) is 11.3 Å². The quantitative estimate of drug-likeness (QED) is 0.912. The SMILES string of the molecule is CC(CNc1cncc(Cl)n1)c1nccs1. The van der Waals surface area contributed by atoms with Crippen LogP contribution < -0.4 is 5.32 Å². The molecule has 0 radical (unpaired) electrons. The van der Waals surface area contributed by atoms with E-state index in [2.05, 4.69) is 27.2 Å². The summed E-state index contributed by atoms with van der Waals surface area (Å²) in [5, 5.41) is 6.67. The Morgan fingerprint density at radius 2 is 2.38 bits per heavy atom. The lowest BCUT2D eigenvalue weighted by Crippen LogP contribution is -2.10. The maximum absolute atomic E-state index is 5.74. The topological polar surface area (TPSA) is 50.7 Å². The van der Waals surface area contributed by atoms with Crippen molar-refractivity contribution >= 4 is 28.8 Å². The Morgan fingerprint density at radius 1 is 1.50 bits per heavy atom. The third-order valence-corrected chi connectivity index (χ3v) is 3.26. The summed E-state index contributed by atoms with van der Waals surface area (Å²) >= 11 is 7.39. The van der Waals surface area contributed by atoms with E-state index < -0.39 is 0 Å². The number of nitrogens with one attached hydrogen (secondary N) is 1. The number of aromatic nitrogens is 3. The molecule has 16 heavy (non-hydrogen) atoms. The summed E-state index contributed by atoms with van der Waals surface area (Å²) in [6.45, 7) is 2.88. The lowest BCUT2D eigenvalue weighted by atomic mass is 10.2. The van der Waals surface area contributed by atoms with Gasteiger partial charge in [0.25, 0.3) is 0 Å². The summed E-state index contributed by atoms with van der Waals surface area (Å²) in [5.74, 6) is 1.04. The van der Waals surface area contributed by atoms with Gasteiger partial charge in [0.2, 0.25) is 0 Å². The molecule has 2 aromatic rings. The van der Waals surface area contributed by atoms with Crippen LogP contribution in [0.4, 0.5) is 5.82 Å². The maximum Gasteiger partial charge on any atom is 0.149 e. The van der Waals surface area contributed by atoms with Crippen molar-refractivity contribution in [3.05, 3.63) is 34.1 Å². The number of rotatable bonds is 4. The van der Waals surface area contributed by atoms with Crippen LogP contribution in [-0.4, -0.2) is 21.5 Å². The second kappa shape index (κ2) is 5.23. The van der Waals surface area contributed by atoms with Crippen LogP contribution in [0.15, 0.2) is 24.0 Å². The molecule has 1 atom stereocenters. The van der Waals surface area contributed by atoms with E-state index in [0.717, 1.165) is 11.6 Å². The van der Waals surface area contributed by atoms with Gasteiger partial charge in [0.1, 0.15) is 11.0 Å². The Morgan fingerprint density at radius 3 is 3.06 bits per heavy atom. The fourth-order valence-electron chi connectivity index (χ4n) is 1.25. The van der Waals surface area contributed by atoms with E-state index in [1.165, 1.54) is 6.20 Å². The molecule has 2 heterocycles. The van der Waals surface area contributed by atoms with Gasteiger partial charge in [0.05, 0.1) is 17.4 Å². The van der Waals surface area contributed by atoms with Gasteiger partial charge in [0.15, 0.2) is 0 Å². The lowest BCUT2D eigenvalue weighted by Gasteiger charge is -2.10.